The lowest BCUT2D eigenvalue weighted by Gasteiger charge is -2.25. The highest BCUT2D eigenvalue weighted by Gasteiger charge is 2.19. The zero-order valence-electron chi connectivity index (χ0n) is 13.8. The summed E-state index contributed by atoms with van der Waals surface area (Å²) in [7, 11) is 0. The van der Waals surface area contributed by atoms with Crippen LogP contribution in [0.1, 0.15) is 51.9 Å². The van der Waals surface area contributed by atoms with Crippen LogP contribution in [0.4, 0.5) is 0 Å². The van der Waals surface area contributed by atoms with Gasteiger partial charge in [-0.25, -0.2) is 0 Å². The molecule has 1 aromatic heterocycles. The van der Waals surface area contributed by atoms with Crippen LogP contribution in [-0.2, 0) is 17.9 Å². The average molecular weight is 291 g/mol. The smallest absolute Gasteiger partial charge is 0.123 e. The third kappa shape index (κ3) is 5.33. The van der Waals surface area contributed by atoms with Crippen LogP contribution in [0.5, 0.6) is 0 Å². The first-order valence-electron chi connectivity index (χ1n) is 7.99. The van der Waals surface area contributed by atoms with Crippen molar-refractivity contribution in [3.8, 4) is 0 Å². The predicted octanol–water partition coefficient (Wildman–Crippen LogP) is 4.29. The van der Waals surface area contributed by atoms with E-state index in [1.54, 1.807) is 6.26 Å². The normalized spacial score (nSPS) is 22.7. The molecule has 0 spiro atoms. The van der Waals surface area contributed by atoms with Crippen LogP contribution in [0.15, 0.2) is 28.9 Å². The van der Waals surface area contributed by atoms with Crippen molar-refractivity contribution in [3.63, 3.8) is 0 Å². The fourth-order valence-corrected chi connectivity index (χ4v) is 2.56. The Labute approximate surface area is 128 Å². The van der Waals surface area contributed by atoms with E-state index in [-0.39, 0.29) is 5.54 Å². The molecule has 2 rings (SSSR count). The van der Waals surface area contributed by atoms with Gasteiger partial charge in [-0.3, -0.25) is 0 Å². The quantitative estimate of drug-likeness (QED) is 0.794. The fraction of sp³-hybridized carbons (Fsp3) is 0.667. The van der Waals surface area contributed by atoms with Gasteiger partial charge in [-0.2, -0.15) is 0 Å². The molecule has 0 fully saturated rings. The van der Waals surface area contributed by atoms with Gasteiger partial charge in [0.05, 0.1) is 26.0 Å². The molecule has 3 heteroatoms. The first-order chi connectivity index (χ1) is 9.96. The number of ether oxygens (including phenoxy) is 1. The second-order valence-corrected chi connectivity index (χ2v) is 7.17. The molecule has 1 aliphatic rings. The largest absolute Gasteiger partial charge is 0.468 e. The Morgan fingerprint density at radius 3 is 2.76 bits per heavy atom. The van der Waals surface area contributed by atoms with Gasteiger partial charge in [-0.1, -0.05) is 19.1 Å². The van der Waals surface area contributed by atoms with E-state index in [1.807, 2.05) is 6.07 Å². The number of hydrogen-bond acceptors (Lipinski definition) is 3. The minimum Gasteiger partial charge on any atom is -0.468 e. The van der Waals surface area contributed by atoms with E-state index in [9.17, 15) is 0 Å². The van der Waals surface area contributed by atoms with Gasteiger partial charge in [0.1, 0.15) is 5.76 Å². The van der Waals surface area contributed by atoms with E-state index in [1.165, 1.54) is 6.42 Å². The Kier molecular flexibility index (Phi) is 5.65. The van der Waals surface area contributed by atoms with Gasteiger partial charge in [0.25, 0.3) is 0 Å². The lowest BCUT2D eigenvalue weighted by molar-refractivity contribution is 0.0671. The number of allylic oxidation sites excluding steroid dienone is 2. The molecule has 21 heavy (non-hydrogen) atoms. The molecule has 0 saturated carbocycles. The van der Waals surface area contributed by atoms with Crippen LogP contribution in [0.25, 0.3) is 0 Å². The third-order valence-electron chi connectivity index (χ3n) is 4.12. The third-order valence-corrected chi connectivity index (χ3v) is 4.12. The van der Waals surface area contributed by atoms with Crippen molar-refractivity contribution in [1.29, 1.82) is 0 Å². The van der Waals surface area contributed by atoms with E-state index < -0.39 is 0 Å². The zero-order valence-corrected chi connectivity index (χ0v) is 13.8. The SMILES string of the molecule is CC1CC=CCC1COCc1ccoc1CNC(C)(C)C. The van der Waals surface area contributed by atoms with Gasteiger partial charge in [-0.05, 0) is 51.5 Å². The van der Waals surface area contributed by atoms with Crippen molar-refractivity contribution in [2.45, 2.75) is 59.2 Å². The van der Waals surface area contributed by atoms with Crippen molar-refractivity contribution < 1.29 is 9.15 Å². The molecule has 1 N–H and O–H groups in total. The summed E-state index contributed by atoms with van der Waals surface area (Å²) in [6.45, 7) is 11.0. The van der Waals surface area contributed by atoms with Crippen molar-refractivity contribution in [2.24, 2.45) is 11.8 Å². The molecule has 1 aliphatic carbocycles. The molecule has 2 unspecified atom stereocenters. The summed E-state index contributed by atoms with van der Waals surface area (Å²) in [5.41, 5.74) is 1.25. The summed E-state index contributed by atoms with van der Waals surface area (Å²) in [6, 6.07) is 2.02. The molecule has 0 saturated heterocycles. The van der Waals surface area contributed by atoms with E-state index in [0.29, 0.717) is 12.5 Å². The van der Waals surface area contributed by atoms with E-state index in [2.05, 4.69) is 45.2 Å². The molecule has 0 aliphatic heterocycles. The Morgan fingerprint density at radius 2 is 2.05 bits per heavy atom. The van der Waals surface area contributed by atoms with Crippen molar-refractivity contribution in [3.05, 3.63) is 35.8 Å². The van der Waals surface area contributed by atoms with Crippen molar-refractivity contribution in [2.75, 3.05) is 6.61 Å². The highest BCUT2D eigenvalue weighted by atomic mass is 16.5. The second kappa shape index (κ2) is 7.28. The van der Waals surface area contributed by atoms with Crippen LogP contribution in [0, 0.1) is 11.8 Å². The van der Waals surface area contributed by atoms with Gasteiger partial charge in [0.15, 0.2) is 0 Å². The minimum absolute atomic E-state index is 0.0920. The molecule has 2 atom stereocenters. The van der Waals surface area contributed by atoms with Crippen LogP contribution in [0.3, 0.4) is 0 Å². The number of nitrogens with one attached hydrogen (secondary N) is 1. The standard InChI is InChI=1S/C18H29NO2/c1-14-7-5-6-8-15(14)12-20-13-16-9-10-21-17(16)11-19-18(2,3)4/h5-6,9-10,14-15,19H,7-8,11-13H2,1-4H3. The van der Waals surface area contributed by atoms with E-state index in [0.717, 1.165) is 36.8 Å². The number of hydrogen-bond donors (Lipinski definition) is 1. The predicted molar refractivity (Wildman–Crippen MR) is 86.0 cm³/mol. The summed E-state index contributed by atoms with van der Waals surface area (Å²) in [6.07, 6.45) is 8.65. The van der Waals surface area contributed by atoms with Crippen LogP contribution in [-0.4, -0.2) is 12.1 Å². The molecule has 118 valence electrons. The maximum absolute atomic E-state index is 5.94. The Morgan fingerprint density at radius 1 is 1.29 bits per heavy atom. The monoisotopic (exact) mass is 291 g/mol. The van der Waals surface area contributed by atoms with Crippen LogP contribution in [0.2, 0.25) is 0 Å². The summed E-state index contributed by atoms with van der Waals surface area (Å²) in [4.78, 5) is 0. The second-order valence-electron chi connectivity index (χ2n) is 7.17. The highest BCUT2D eigenvalue weighted by Crippen LogP contribution is 2.25. The van der Waals surface area contributed by atoms with Crippen molar-refractivity contribution in [1.82, 2.24) is 5.32 Å². The molecule has 0 amide bonds. The topological polar surface area (TPSA) is 34.4 Å². The Balaban J connectivity index is 1.78. The van der Waals surface area contributed by atoms with E-state index >= 15 is 0 Å². The Hall–Kier alpha value is -1.06. The summed E-state index contributed by atoms with van der Waals surface area (Å²) < 4.78 is 11.5. The summed E-state index contributed by atoms with van der Waals surface area (Å²) >= 11 is 0. The maximum Gasteiger partial charge on any atom is 0.123 e. The lowest BCUT2D eigenvalue weighted by Crippen LogP contribution is -2.35. The molecule has 0 aromatic carbocycles. The van der Waals surface area contributed by atoms with Crippen molar-refractivity contribution >= 4 is 0 Å². The molecular formula is C18H29NO2. The van der Waals surface area contributed by atoms with Crippen LogP contribution >= 0.6 is 0 Å². The fourth-order valence-electron chi connectivity index (χ4n) is 2.56. The first-order valence-corrected chi connectivity index (χ1v) is 7.99. The summed E-state index contributed by atoms with van der Waals surface area (Å²) in [5, 5.41) is 3.45. The number of furan rings is 1. The average Bonchev–Trinajstić information content (AvgIpc) is 2.85. The Bertz CT molecular complexity index is 456. The highest BCUT2D eigenvalue weighted by molar-refractivity contribution is 5.16. The van der Waals surface area contributed by atoms with Gasteiger partial charge in [0, 0.05) is 11.1 Å². The van der Waals surface area contributed by atoms with Gasteiger partial charge in [-0.15, -0.1) is 0 Å². The first kappa shape index (κ1) is 16.3. The molecule has 1 aromatic rings. The minimum atomic E-state index is 0.0920. The molecule has 1 heterocycles. The molecule has 0 radical (unpaired) electrons. The molecule has 0 bridgehead atoms. The molecular weight excluding hydrogens is 262 g/mol. The van der Waals surface area contributed by atoms with Gasteiger partial charge in [0.2, 0.25) is 0 Å². The van der Waals surface area contributed by atoms with Crippen LogP contribution < -0.4 is 5.32 Å². The van der Waals surface area contributed by atoms with Gasteiger partial charge < -0.3 is 14.5 Å². The van der Waals surface area contributed by atoms with Gasteiger partial charge >= 0.3 is 0 Å². The maximum atomic E-state index is 5.94. The zero-order chi connectivity index (χ0) is 15.3. The lowest BCUT2D eigenvalue weighted by atomic mass is 9.85. The summed E-state index contributed by atoms with van der Waals surface area (Å²) in [5.74, 6) is 2.36. The molecule has 3 nitrogen and oxygen atoms in total. The van der Waals surface area contributed by atoms with E-state index in [4.69, 9.17) is 9.15 Å². The number of rotatable bonds is 6.